The van der Waals surface area contributed by atoms with Gasteiger partial charge in [-0.1, -0.05) is 12.1 Å². The molecule has 0 aliphatic heterocycles. The number of alkyl halides is 1. The maximum Gasteiger partial charge on any atom is 0.314 e. The smallest absolute Gasteiger partial charge is 0.314 e. The predicted molar refractivity (Wildman–Crippen MR) is 71.7 cm³/mol. The molecule has 0 bridgehead atoms. The summed E-state index contributed by atoms with van der Waals surface area (Å²) < 4.78 is 5.53. The van der Waals surface area contributed by atoms with E-state index in [-0.39, 0.29) is 11.4 Å². The molecule has 0 fully saturated rings. The Morgan fingerprint density at radius 1 is 1.42 bits per heavy atom. The van der Waals surface area contributed by atoms with Gasteiger partial charge in [-0.15, -0.1) is 11.6 Å². The number of rotatable bonds is 4. The Morgan fingerprint density at radius 2 is 2.21 bits per heavy atom. The van der Waals surface area contributed by atoms with Crippen molar-refractivity contribution in [3.63, 3.8) is 0 Å². The molecule has 6 heteroatoms. The van der Waals surface area contributed by atoms with E-state index in [1.165, 1.54) is 6.20 Å². The molecule has 2 rings (SSSR count). The average Bonchev–Trinajstić information content (AvgIpc) is 2.38. The molecule has 0 aliphatic rings. The maximum absolute atomic E-state index is 11.0. The SMILES string of the molecule is Cc1cccc(Oc2cncc(CCl)c2)c1[N+](=O)[O-]. The first-order valence-electron chi connectivity index (χ1n) is 5.53. The minimum absolute atomic E-state index is 0.0428. The number of para-hydroxylation sites is 1. The number of nitrogens with zero attached hydrogens (tertiary/aromatic N) is 2. The van der Waals surface area contributed by atoms with E-state index in [9.17, 15) is 10.1 Å². The molecule has 0 aliphatic carbocycles. The highest BCUT2D eigenvalue weighted by Crippen LogP contribution is 2.33. The van der Waals surface area contributed by atoms with Crippen LogP contribution in [0, 0.1) is 17.0 Å². The third kappa shape index (κ3) is 3.00. The van der Waals surface area contributed by atoms with Crippen molar-refractivity contribution < 1.29 is 9.66 Å². The van der Waals surface area contributed by atoms with Gasteiger partial charge < -0.3 is 4.74 Å². The fourth-order valence-corrected chi connectivity index (χ4v) is 1.81. The van der Waals surface area contributed by atoms with Crippen molar-refractivity contribution in [2.24, 2.45) is 0 Å². The van der Waals surface area contributed by atoms with Crippen LogP contribution in [-0.4, -0.2) is 9.91 Å². The number of pyridine rings is 1. The standard InChI is InChI=1S/C13H11ClN2O3/c1-9-3-2-4-12(13(9)16(17)18)19-11-5-10(6-14)7-15-8-11/h2-5,7-8H,6H2,1H3. The molecule has 0 N–H and O–H groups in total. The third-order valence-corrected chi connectivity index (χ3v) is 2.84. The summed E-state index contributed by atoms with van der Waals surface area (Å²) in [6.45, 7) is 1.67. The Bertz CT molecular complexity index is 617. The van der Waals surface area contributed by atoms with Crippen LogP contribution in [0.5, 0.6) is 11.5 Å². The van der Waals surface area contributed by atoms with E-state index in [2.05, 4.69) is 4.98 Å². The molecule has 1 aromatic heterocycles. The van der Waals surface area contributed by atoms with Crippen molar-refractivity contribution in [3.05, 3.63) is 57.9 Å². The van der Waals surface area contributed by atoms with Crippen molar-refractivity contribution >= 4 is 17.3 Å². The highest BCUT2D eigenvalue weighted by molar-refractivity contribution is 6.17. The number of aromatic nitrogens is 1. The third-order valence-electron chi connectivity index (χ3n) is 2.54. The van der Waals surface area contributed by atoms with Gasteiger partial charge in [0.2, 0.25) is 5.75 Å². The quantitative estimate of drug-likeness (QED) is 0.484. The maximum atomic E-state index is 11.0. The summed E-state index contributed by atoms with van der Waals surface area (Å²) in [5.41, 5.74) is 1.29. The lowest BCUT2D eigenvalue weighted by Crippen LogP contribution is -1.96. The molecular formula is C13H11ClN2O3. The molecule has 0 atom stereocenters. The van der Waals surface area contributed by atoms with Gasteiger partial charge >= 0.3 is 5.69 Å². The summed E-state index contributed by atoms with van der Waals surface area (Å²) in [5, 5.41) is 11.0. The number of nitro groups is 1. The van der Waals surface area contributed by atoms with Gasteiger partial charge in [-0.25, -0.2) is 0 Å². The lowest BCUT2D eigenvalue weighted by atomic mass is 10.2. The summed E-state index contributed by atoms with van der Waals surface area (Å²) in [4.78, 5) is 14.6. The summed E-state index contributed by atoms with van der Waals surface area (Å²) in [5.74, 6) is 0.922. The largest absolute Gasteiger partial charge is 0.448 e. The summed E-state index contributed by atoms with van der Waals surface area (Å²) in [6.07, 6.45) is 3.10. The average molecular weight is 279 g/mol. The van der Waals surface area contributed by atoms with E-state index in [1.807, 2.05) is 0 Å². The molecule has 1 aromatic carbocycles. The number of aryl methyl sites for hydroxylation is 1. The normalized spacial score (nSPS) is 10.2. The number of halogens is 1. The van der Waals surface area contributed by atoms with Gasteiger partial charge in [0.05, 0.1) is 11.1 Å². The molecule has 1 heterocycles. The van der Waals surface area contributed by atoms with Crippen LogP contribution in [-0.2, 0) is 5.88 Å². The number of ether oxygens (including phenoxy) is 1. The first kappa shape index (κ1) is 13.3. The lowest BCUT2D eigenvalue weighted by molar-refractivity contribution is -0.386. The Morgan fingerprint density at radius 3 is 2.89 bits per heavy atom. The van der Waals surface area contributed by atoms with Crippen LogP contribution < -0.4 is 4.74 Å². The van der Waals surface area contributed by atoms with E-state index < -0.39 is 4.92 Å². The van der Waals surface area contributed by atoms with Crippen molar-refractivity contribution in [3.8, 4) is 11.5 Å². The Hall–Kier alpha value is -2.14. The second kappa shape index (κ2) is 5.67. The summed E-state index contributed by atoms with van der Waals surface area (Å²) in [6, 6.07) is 6.62. The Labute approximate surface area is 115 Å². The van der Waals surface area contributed by atoms with E-state index in [0.29, 0.717) is 17.2 Å². The van der Waals surface area contributed by atoms with Crippen molar-refractivity contribution in [2.45, 2.75) is 12.8 Å². The molecule has 0 spiro atoms. The van der Waals surface area contributed by atoms with Gasteiger partial charge in [0.15, 0.2) is 0 Å². The van der Waals surface area contributed by atoms with Crippen molar-refractivity contribution in [1.29, 1.82) is 0 Å². The zero-order chi connectivity index (χ0) is 13.8. The minimum atomic E-state index is -0.455. The van der Waals surface area contributed by atoms with Crippen LogP contribution in [0.1, 0.15) is 11.1 Å². The van der Waals surface area contributed by atoms with Gasteiger partial charge in [-0.3, -0.25) is 15.1 Å². The van der Waals surface area contributed by atoms with Gasteiger partial charge in [0.25, 0.3) is 0 Å². The topological polar surface area (TPSA) is 65.3 Å². The van der Waals surface area contributed by atoms with Crippen LogP contribution in [0.15, 0.2) is 36.7 Å². The summed E-state index contributed by atoms with van der Waals surface area (Å²) in [7, 11) is 0. The monoisotopic (exact) mass is 278 g/mol. The van der Waals surface area contributed by atoms with Gasteiger partial charge in [-0.2, -0.15) is 0 Å². The van der Waals surface area contributed by atoms with E-state index in [0.717, 1.165) is 5.56 Å². The zero-order valence-corrected chi connectivity index (χ0v) is 10.9. The predicted octanol–water partition coefficient (Wildman–Crippen LogP) is 3.83. The molecule has 0 saturated heterocycles. The summed E-state index contributed by atoms with van der Waals surface area (Å²) >= 11 is 5.71. The van der Waals surface area contributed by atoms with Crippen LogP contribution in [0.3, 0.4) is 0 Å². The van der Waals surface area contributed by atoms with Crippen LogP contribution >= 0.6 is 11.6 Å². The Kier molecular flexibility index (Phi) is 3.97. The zero-order valence-electron chi connectivity index (χ0n) is 10.2. The molecular weight excluding hydrogens is 268 g/mol. The highest BCUT2D eigenvalue weighted by Gasteiger charge is 2.18. The van der Waals surface area contributed by atoms with E-state index >= 15 is 0 Å². The molecule has 98 valence electrons. The number of hydrogen-bond acceptors (Lipinski definition) is 4. The molecule has 0 radical (unpaired) electrons. The Balaban J connectivity index is 2.38. The fraction of sp³-hybridized carbons (Fsp3) is 0.154. The van der Waals surface area contributed by atoms with Crippen molar-refractivity contribution in [2.75, 3.05) is 0 Å². The van der Waals surface area contributed by atoms with Crippen LogP contribution in [0.25, 0.3) is 0 Å². The second-order valence-corrected chi connectivity index (χ2v) is 4.21. The molecule has 0 unspecified atom stereocenters. The highest BCUT2D eigenvalue weighted by atomic mass is 35.5. The van der Waals surface area contributed by atoms with Gasteiger partial charge in [0, 0.05) is 17.6 Å². The van der Waals surface area contributed by atoms with Gasteiger partial charge in [0.1, 0.15) is 5.75 Å². The minimum Gasteiger partial charge on any atom is -0.448 e. The fourth-order valence-electron chi connectivity index (χ4n) is 1.67. The van der Waals surface area contributed by atoms with E-state index in [4.69, 9.17) is 16.3 Å². The molecule has 2 aromatic rings. The lowest BCUT2D eigenvalue weighted by Gasteiger charge is -2.08. The number of nitro benzene ring substituents is 1. The molecule has 0 amide bonds. The second-order valence-electron chi connectivity index (χ2n) is 3.94. The molecule has 0 saturated carbocycles. The van der Waals surface area contributed by atoms with Crippen LogP contribution in [0.2, 0.25) is 0 Å². The number of hydrogen-bond donors (Lipinski definition) is 0. The first-order chi connectivity index (χ1) is 9.11. The van der Waals surface area contributed by atoms with Crippen molar-refractivity contribution in [1.82, 2.24) is 4.98 Å². The van der Waals surface area contributed by atoms with E-state index in [1.54, 1.807) is 37.4 Å². The first-order valence-corrected chi connectivity index (χ1v) is 6.07. The molecule has 5 nitrogen and oxygen atoms in total. The number of benzene rings is 1. The van der Waals surface area contributed by atoms with Crippen LogP contribution in [0.4, 0.5) is 5.69 Å². The molecule has 19 heavy (non-hydrogen) atoms. The van der Waals surface area contributed by atoms with Gasteiger partial charge in [-0.05, 0) is 24.6 Å².